The van der Waals surface area contributed by atoms with E-state index in [1.807, 2.05) is 43.0 Å². The summed E-state index contributed by atoms with van der Waals surface area (Å²) in [6.45, 7) is 14.2. The van der Waals surface area contributed by atoms with Crippen molar-refractivity contribution in [2.45, 2.75) is 78.1 Å². The highest BCUT2D eigenvalue weighted by atomic mass is 16.7. The van der Waals surface area contributed by atoms with E-state index in [4.69, 9.17) is 18.8 Å². The first-order valence-corrected chi connectivity index (χ1v) is 11.1. The molecule has 0 bridgehead atoms. The molecule has 0 unspecified atom stereocenters. The lowest BCUT2D eigenvalue weighted by Gasteiger charge is -2.32. The molecule has 2 heterocycles. The van der Waals surface area contributed by atoms with Crippen LogP contribution in [-0.4, -0.2) is 55.1 Å². The minimum absolute atomic E-state index is 0.0696. The Balaban J connectivity index is 1.40. The minimum Gasteiger partial charge on any atom is -0.494 e. The number of nitrogens with zero attached hydrogens (tertiary/aromatic N) is 1. The highest BCUT2D eigenvalue weighted by molar-refractivity contribution is 6.62. The van der Waals surface area contributed by atoms with Gasteiger partial charge in [-0.25, -0.2) is 4.79 Å². The molecule has 0 radical (unpaired) electrons. The van der Waals surface area contributed by atoms with Gasteiger partial charge < -0.3 is 23.7 Å². The van der Waals surface area contributed by atoms with Gasteiger partial charge in [0.25, 0.3) is 0 Å². The van der Waals surface area contributed by atoms with Gasteiger partial charge in [0, 0.05) is 13.1 Å². The number of carbonyl (C=O) groups is 1. The fourth-order valence-electron chi connectivity index (χ4n) is 3.72. The van der Waals surface area contributed by atoms with Gasteiger partial charge in [-0.3, -0.25) is 0 Å². The van der Waals surface area contributed by atoms with Gasteiger partial charge in [-0.2, -0.15) is 0 Å². The number of hydrogen-bond donors (Lipinski definition) is 0. The quantitative estimate of drug-likeness (QED) is 0.655. The highest BCUT2D eigenvalue weighted by Crippen LogP contribution is 2.36. The topological polar surface area (TPSA) is 57.2 Å². The van der Waals surface area contributed by atoms with Crippen molar-refractivity contribution in [3.05, 3.63) is 24.3 Å². The van der Waals surface area contributed by atoms with Gasteiger partial charge in [-0.05, 0) is 84.3 Å². The molecule has 30 heavy (non-hydrogen) atoms. The average Bonchev–Trinajstić information content (AvgIpc) is 2.89. The van der Waals surface area contributed by atoms with E-state index in [-0.39, 0.29) is 30.5 Å². The van der Waals surface area contributed by atoms with Crippen LogP contribution in [0.15, 0.2) is 24.3 Å². The Morgan fingerprint density at radius 1 is 1.10 bits per heavy atom. The molecule has 3 rings (SSSR count). The third kappa shape index (κ3) is 5.49. The van der Waals surface area contributed by atoms with E-state index in [9.17, 15) is 4.79 Å². The maximum Gasteiger partial charge on any atom is 0.494 e. The van der Waals surface area contributed by atoms with Gasteiger partial charge in [0.15, 0.2) is 0 Å². The van der Waals surface area contributed by atoms with Crippen molar-refractivity contribution in [3.8, 4) is 5.75 Å². The summed E-state index contributed by atoms with van der Waals surface area (Å²) in [6.07, 6.45) is 2.72. The monoisotopic (exact) mass is 417 g/mol. The van der Waals surface area contributed by atoms with E-state index in [1.54, 1.807) is 0 Å². The molecule has 0 spiro atoms. The summed E-state index contributed by atoms with van der Waals surface area (Å²) in [5, 5.41) is 0. The van der Waals surface area contributed by atoms with Crippen molar-refractivity contribution in [1.82, 2.24) is 4.90 Å². The molecule has 1 aromatic rings. The van der Waals surface area contributed by atoms with Gasteiger partial charge in [-0.15, -0.1) is 0 Å². The predicted molar refractivity (Wildman–Crippen MR) is 118 cm³/mol. The molecular formula is C23H36BNO5. The fraction of sp³-hybridized carbons (Fsp3) is 0.696. The van der Waals surface area contributed by atoms with Crippen molar-refractivity contribution in [2.75, 3.05) is 19.7 Å². The van der Waals surface area contributed by atoms with Crippen LogP contribution in [0, 0.1) is 5.92 Å². The third-order valence-corrected chi connectivity index (χ3v) is 6.41. The van der Waals surface area contributed by atoms with E-state index < -0.39 is 0 Å². The molecule has 1 aromatic carbocycles. The zero-order chi connectivity index (χ0) is 21.9. The van der Waals surface area contributed by atoms with E-state index in [2.05, 4.69) is 27.7 Å². The zero-order valence-corrected chi connectivity index (χ0v) is 19.3. The second-order valence-electron chi connectivity index (χ2n) is 9.66. The maximum atomic E-state index is 12.0. The predicted octanol–water partition coefficient (Wildman–Crippen LogP) is 4.01. The van der Waals surface area contributed by atoms with Crippen LogP contribution in [-0.2, 0) is 14.0 Å². The zero-order valence-electron chi connectivity index (χ0n) is 19.3. The number of piperidine rings is 1. The van der Waals surface area contributed by atoms with Crippen LogP contribution in [0.4, 0.5) is 4.79 Å². The summed E-state index contributed by atoms with van der Waals surface area (Å²) >= 11 is 0. The number of hydrogen-bond acceptors (Lipinski definition) is 5. The van der Waals surface area contributed by atoms with Crippen molar-refractivity contribution >= 4 is 18.7 Å². The number of likely N-dealkylation sites (tertiary alicyclic amines) is 1. The molecule has 0 aromatic heterocycles. The van der Waals surface area contributed by atoms with Crippen LogP contribution in [0.2, 0.25) is 0 Å². The molecule has 2 aliphatic rings. The van der Waals surface area contributed by atoms with E-state index in [0.29, 0.717) is 12.5 Å². The van der Waals surface area contributed by atoms with Crippen LogP contribution in [0.25, 0.3) is 0 Å². The van der Waals surface area contributed by atoms with Gasteiger partial charge in [-0.1, -0.05) is 12.1 Å². The molecule has 2 aliphatic heterocycles. The summed E-state index contributed by atoms with van der Waals surface area (Å²) in [5.41, 5.74) is 0.323. The lowest BCUT2D eigenvalue weighted by molar-refractivity contribution is 0.00578. The lowest BCUT2D eigenvalue weighted by atomic mass is 9.79. The molecule has 2 fully saturated rings. The molecule has 1 amide bonds. The van der Waals surface area contributed by atoms with Gasteiger partial charge >= 0.3 is 13.2 Å². The second kappa shape index (κ2) is 9.19. The largest absolute Gasteiger partial charge is 0.494 e. The Morgan fingerprint density at radius 2 is 1.67 bits per heavy atom. The Bertz CT molecular complexity index is 695. The minimum atomic E-state index is -0.350. The average molecular weight is 417 g/mol. The number of ether oxygens (including phenoxy) is 2. The number of carbonyl (C=O) groups excluding carboxylic acids is 1. The molecule has 6 nitrogen and oxygen atoms in total. The van der Waals surface area contributed by atoms with E-state index in [1.165, 1.54) is 0 Å². The van der Waals surface area contributed by atoms with E-state index >= 15 is 0 Å². The van der Waals surface area contributed by atoms with Crippen LogP contribution >= 0.6 is 0 Å². The van der Waals surface area contributed by atoms with Crippen LogP contribution in [0.5, 0.6) is 5.75 Å². The Kier molecular flexibility index (Phi) is 7.03. The number of rotatable bonds is 6. The molecule has 7 heteroatoms. The van der Waals surface area contributed by atoms with Gasteiger partial charge in [0.2, 0.25) is 0 Å². The summed E-state index contributed by atoms with van der Waals surface area (Å²) in [6, 6.07) is 7.97. The molecule has 0 aliphatic carbocycles. The Labute approximate surface area is 181 Å². The Hall–Kier alpha value is -1.73. The van der Waals surface area contributed by atoms with E-state index in [0.717, 1.165) is 43.6 Å². The smallest absolute Gasteiger partial charge is 0.494 e. The lowest BCUT2D eigenvalue weighted by Crippen LogP contribution is -2.41. The first kappa shape index (κ1) is 22.9. The molecule has 2 saturated heterocycles. The molecule has 0 saturated carbocycles. The third-order valence-electron chi connectivity index (χ3n) is 6.41. The van der Waals surface area contributed by atoms with Crippen molar-refractivity contribution in [1.29, 1.82) is 0 Å². The molecule has 0 atom stereocenters. The van der Waals surface area contributed by atoms with Crippen molar-refractivity contribution < 1.29 is 23.6 Å². The maximum absolute atomic E-state index is 12.0. The number of benzene rings is 1. The molecule has 0 N–H and O–H groups in total. The van der Waals surface area contributed by atoms with Gasteiger partial charge in [0.05, 0.1) is 23.9 Å². The summed E-state index contributed by atoms with van der Waals surface area (Å²) in [7, 11) is -0.350. The normalized spacial score (nSPS) is 21.2. The summed E-state index contributed by atoms with van der Waals surface area (Å²) in [4.78, 5) is 13.8. The van der Waals surface area contributed by atoms with Crippen LogP contribution < -0.4 is 10.2 Å². The van der Waals surface area contributed by atoms with Crippen molar-refractivity contribution in [2.24, 2.45) is 5.92 Å². The summed E-state index contributed by atoms with van der Waals surface area (Å²) in [5.74, 6) is 1.44. The SMILES string of the molecule is CC(C)OC(=O)N1CCC(CCOc2ccc(B3OC(C)(C)C(C)(C)O3)cc2)CC1. The molecular weight excluding hydrogens is 381 g/mol. The number of amides is 1. The van der Waals surface area contributed by atoms with Crippen LogP contribution in [0.1, 0.15) is 60.8 Å². The fourth-order valence-corrected chi connectivity index (χ4v) is 3.72. The first-order chi connectivity index (χ1) is 14.1. The highest BCUT2D eigenvalue weighted by Gasteiger charge is 2.51. The first-order valence-electron chi connectivity index (χ1n) is 11.1. The van der Waals surface area contributed by atoms with Crippen LogP contribution in [0.3, 0.4) is 0 Å². The standard InChI is InChI=1S/C23H36BNO5/c1-17(2)28-21(26)25-14-11-18(12-15-25)13-16-27-20-9-7-19(8-10-20)24-29-22(3,4)23(5,6)30-24/h7-10,17-18H,11-16H2,1-6H3. The van der Waals surface area contributed by atoms with Crippen molar-refractivity contribution in [3.63, 3.8) is 0 Å². The molecule has 166 valence electrons. The van der Waals surface area contributed by atoms with Gasteiger partial charge in [0.1, 0.15) is 5.75 Å². The summed E-state index contributed by atoms with van der Waals surface area (Å²) < 4.78 is 23.4. The second-order valence-corrected chi connectivity index (χ2v) is 9.66. The Morgan fingerprint density at radius 3 is 2.20 bits per heavy atom.